The summed E-state index contributed by atoms with van der Waals surface area (Å²) in [5.74, 6) is 2.06. The Morgan fingerprint density at radius 3 is 2.88 bits per heavy atom. The standard InChI is InChI=1S/C19H20N2O2S/c1-11(22)13-6-5-7-14(10-13)23-18-17-15-8-3-4-9-16(15)24-19(17)21-12(2)20-18/h5-7,10-11,22H,3-4,8-9H2,1-2H3. The minimum atomic E-state index is -0.519. The third kappa shape index (κ3) is 2.78. The lowest BCUT2D eigenvalue weighted by Gasteiger charge is -2.13. The molecule has 0 radical (unpaired) electrons. The highest BCUT2D eigenvalue weighted by Gasteiger charge is 2.21. The highest BCUT2D eigenvalue weighted by Crippen LogP contribution is 2.40. The van der Waals surface area contributed by atoms with Crippen LogP contribution in [0.3, 0.4) is 0 Å². The number of thiophene rings is 1. The van der Waals surface area contributed by atoms with E-state index in [-0.39, 0.29) is 0 Å². The molecule has 0 fully saturated rings. The molecular weight excluding hydrogens is 320 g/mol. The largest absolute Gasteiger partial charge is 0.438 e. The van der Waals surface area contributed by atoms with E-state index in [0.717, 1.165) is 34.4 Å². The van der Waals surface area contributed by atoms with Gasteiger partial charge in [0.1, 0.15) is 16.4 Å². The van der Waals surface area contributed by atoms with E-state index in [0.29, 0.717) is 11.6 Å². The van der Waals surface area contributed by atoms with Gasteiger partial charge in [0.25, 0.3) is 0 Å². The average Bonchev–Trinajstić information content (AvgIpc) is 2.93. The Labute approximate surface area is 145 Å². The highest BCUT2D eigenvalue weighted by molar-refractivity contribution is 7.18. The third-order valence-electron chi connectivity index (χ3n) is 4.45. The van der Waals surface area contributed by atoms with Crippen molar-refractivity contribution >= 4 is 21.6 Å². The smallest absolute Gasteiger partial charge is 0.231 e. The van der Waals surface area contributed by atoms with E-state index in [1.54, 1.807) is 18.3 Å². The van der Waals surface area contributed by atoms with Crippen LogP contribution in [0.15, 0.2) is 24.3 Å². The van der Waals surface area contributed by atoms with Crippen molar-refractivity contribution in [2.45, 2.75) is 45.6 Å². The van der Waals surface area contributed by atoms with Crippen LogP contribution in [0.2, 0.25) is 0 Å². The molecule has 1 aliphatic rings. The summed E-state index contributed by atoms with van der Waals surface area (Å²) in [6.07, 6.45) is 4.15. The first-order chi connectivity index (χ1) is 11.6. The van der Waals surface area contributed by atoms with Gasteiger partial charge in [-0.1, -0.05) is 12.1 Å². The fourth-order valence-electron chi connectivity index (χ4n) is 3.25. The summed E-state index contributed by atoms with van der Waals surface area (Å²) in [5, 5.41) is 10.8. The maximum absolute atomic E-state index is 9.78. The molecule has 4 nitrogen and oxygen atoms in total. The van der Waals surface area contributed by atoms with Gasteiger partial charge in [0.2, 0.25) is 5.88 Å². The van der Waals surface area contributed by atoms with Crippen LogP contribution in [0.4, 0.5) is 0 Å². The van der Waals surface area contributed by atoms with Crippen molar-refractivity contribution in [3.63, 3.8) is 0 Å². The average molecular weight is 340 g/mol. The van der Waals surface area contributed by atoms with Gasteiger partial charge in [-0.05, 0) is 62.8 Å². The molecule has 2 heterocycles. The molecule has 124 valence electrons. The first kappa shape index (κ1) is 15.5. The molecule has 1 aliphatic carbocycles. The van der Waals surface area contributed by atoms with Gasteiger partial charge in [-0.25, -0.2) is 4.98 Å². The zero-order chi connectivity index (χ0) is 16.7. The second-order valence-electron chi connectivity index (χ2n) is 6.32. The van der Waals surface area contributed by atoms with Crippen LogP contribution >= 0.6 is 11.3 Å². The summed E-state index contributed by atoms with van der Waals surface area (Å²) in [4.78, 5) is 11.6. The summed E-state index contributed by atoms with van der Waals surface area (Å²) in [5.41, 5.74) is 2.20. The van der Waals surface area contributed by atoms with Gasteiger partial charge in [-0.2, -0.15) is 4.98 Å². The fourth-order valence-corrected chi connectivity index (χ4v) is 4.55. The van der Waals surface area contributed by atoms with Crippen LogP contribution in [0.1, 0.15) is 47.7 Å². The molecule has 1 atom stereocenters. The van der Waals surface area contributed by atoms with E-state index in [1.807, 2.05) is 31.2 Å². The topological polar surface area (TPSA) is 55.2 Å². The van der Waals surface area contributed by atoms with Gasteiger partial charge in [-0.3, -0.25) is 0 Å². The van der Waals surface area contributed by atoms with Crippen LogP contribution in [-0.4, -0.2) is 15.1 Å². The molecule has 0 spiro atoms. The Morgan fingerprint density at radius 2 is 2.04 bits per heavy atom. The van der Waals surface area contributed by atoms with E-state index in [9.17, 15) is 5.11 Å². The second kappa shape index (κ2) is 6.15. The van der Waals surface area contributed by atoms with E-state index in [2.05, 4.69) is 9.97 Å². The van der Waals surface area contributed by atoms with Crippen LogP contribution < -0.4 is 4.74 Å². The molecular formula is C19H20N2O2S. The molecule has 0 saturated heterocycles. The number of aryl methyl sites for hydroxylation is 3. The summed E-state index contributed by atoms with van der Waals surface area (Å²) in [6.45, 7) is 3.65. The Morgan fingerprint density at radius 1 is 1.21 bits per heavy atom. The Hall–Kier alpha value is -1.98. The zero-order valence-electron chi connectivity index (χ0n) is 13.9. The number of aliphatic hydroxyl groups excluding tert-OH is 1. The zero-order valence-corrected chi connectivity index (χ0v) is 14.7. The van der Waals surface area contributed by atoms with Crippen LogP contribution in [0, 0.1) is 6.92 Å². The SMILES string of the molecule is Cc1nc(Oc2cccc(C(C)O)c2)c2c3c(sc2n1)CCCC3. The lowest BCUT2D eigenvalue weighted by atomic mass is 9.97. The third-order valence-corrected chi connectivity index (χ3v) is 5.63. The Bertz CT molecular complexity index is 902. The number of ether oxygens (including phenoxy) is 1. The Kier molecular flexibility index (Phi) is 3.98. The number of benzene rings is 1. The summed E-state index contributed by atoms with van der Waals surface area (Å²) in [7, 11) is 0. The molecule has 0 saturated carbocycles. The van der Waals surface area contributed by atoms with E-state index in [1.165, 1.54) is 23.3 Å². The van der Waals surface area contributed by atoms with Gasteiger partial charge in [-0.15, -0.1) is 11.3 Å². The van der Waals surface area contributed by atoms with Gasteiger partial charge in [0, 0.05) is 4.88 Å². The molecule has 1 aromatic carbocycles. The van der Waals surface area contributed by atoms with Gasteiger partial charge in [0.15, 0.2) is 0 Å². The fraction of sp³-hybridized carbons (Fsp3) is 0.368. The normalized spacial score (nSPS) is 15.3. The molecule has 3 aromatic rings. The number of fused-ring (bicyclic) bond motifs is 3. The van der Waals surface area contributed by atoms with Crippen LogP contribution in [-0.2, 0) is 12.8 Å². The number of aromatic nitrogens is 2. The van der Waals surface area contributed by atoms with Crippen molar-refractivity contribution in [3.05, 3.63) is 46.1 Å². The van der Waals surface area contributed by atoms with Crippen molar-refractivity contribution in [1.29, 1.82) is 0 Å². The first-order valence-corrected chi connectivity index (χ1v) is 9.18. The summed E-state index contributed by atoms with van der Waals surface area (Å²) >= 11 is 1.78. The number of nitrogens with zero attached hydrogens (tertiary/aromatic N) is 2. The maximum Gasteiger partial charge on any atom is 0.231 e. The van der Waals surface area contributed by atoms with Gasteiger partial charge in [0.05, 0.1) is 11.5 Å². The highest BCUT2D eigenvalue weighted by atomic mass is 32.1. The van der Waals surface area contributed by atoms with Crippen LogP contribution in [0.5, 0.6) is 11.6 Å². The van der Waals surface area contributed by atoms with E-state index in [4.69, 9.17) is 4.74 Å². The van der Waals surface area contributed by atoms with E-state index < -0.39 is 6.10 Å². The second-order valence-corrected chi connectivity index (χ2v) is 7.40. The number of hydrogen-bond acceptors (Lipinski definition) is 5. The molecule has 4 rings (SSSR count). The van der Waals surface area contributed by atoms with Gasteiger partial charge < -0.3 is 9.84 Å². The maximum atomic E-state index is 9.78. The van der Waals surface area contributed by atoms with E-state index >= 15 is 0 Å². The van der Waals surface area contributed by atoms with Crippen molar-refractivity contribution in [1.82, 2.24) is 9.97 Å². The summed E-state index contributed by atoms with van der Waals surface area (Å²) in [6, 6.07) is 7.55. The summed E-state index contributed by atoms with van der Waals surface area (Å²) < 4.78 is 6.13. The van der Waals surface area contributed by atoms with Crippen molar-refractivity contribution in [3.8, 4) is 11.6 Å². The van der Waals surface area contributed by atoms with Crippen molar-refractivity contribution in [2.24, 2.45) is 0 Å². The van der Waals surface area contributed by atoms with Crippen LogP contribution in [0.25, 0.3) is 10.2 Å². The predicted octanol–water partition coefficient (Wildman–Crippen LogP) is 4.72. The predicted molar refractivity (Wildman–Crippen MR) is 95.9 cm³/mol. The number of rotatable bonds is 3. The Balaban J connectivity index is 1.81. The van der Waals surface area contributed by atoms with Gasteiger partial charge >= 0.3 is 0 Å². The molecule has 0 bridgehead atoms. The van der Waals surface area contributed by atoms with Crippen molar-refractivity contribution < 1.29 is 9.84 Å². The molecule has 24 heavy (non-hydrogen) atoms. The molecule has 1 unspecified atom stereocenters. The minimum absolute atomic E-state index is 0.519. The molecule has 0 amide bonds. The lowest BCUT2D eigenvalue weighted by Crippen LogP contribution is -2.00. The number of aliphatic hydroxyl groups is 1. The lowest BCUT2D eigenvalue weighted by molar-refractivity contribution is 0.199. The van der Waals surface area contributed by atoms with Crippen molar-refractivity contribution in [2.75, 3.05) is 0 Å². The minimum Gasteiger partial charge on any atom is -0.438 e. The quantitative estimate of drug-likeness (QED) is 0.749. The molecule has 1 N–H and O–H groups in total. The molecule has 0 aliphatic heterocycles. The molecule has 5 heteroatoms. The molecule has 2 aromatic heterocycles. The first-order valence-electron chi connectivity index (χ1n) is 8.36. The number of hydrogen-bond donors (Lipinski definition) is 1. The monoisotopic (exact) mass is 340 g/mol.